The van der Waals surface area contributed by atoms with E-state index in [1.807, 2.05) is 19.2 Å². The third-order valence-corrected chi connectivity index (χ3v) is 16.0. The van der Waals surface area contributed by atoms with Crippen LogP contribution in [-0.2, 0) is 43.2 Å². The predicted molar refractivity (Wildman–Crippen MR) is 229 cm³/mol. The van der Waals surface area contributed by atoms with E-state index in [4.69, 9.17) is 14.5 Å². The number of hydrogen-bond acceptors (Lipinski definition) is 10. The van der Waals surface area contributed by atoms with Crippen LogP contribution in [0.2, 0.25) is 0 Å². The van der Waals surface area contributed by atoms with Crippen molar-refractivity contribution in [2.45, 2.75) is 92.5 Å². The van der Waals surface area contributed by atoms with Gasteiger partial charge in [0.2, 0.25) is 0 Å². The predicted octanol–water partition coefficient (Wildman–Crippen LogP) is 6.10. The fraction of sp³-hybridized carbons (Fsp3) is 0.537. The van der Waals surface area contributed by atoms with Gasteiger partial charge in [0.05, 0.1) is 0 Å². The number of ether oxygens (including phenoxy) is 2. The molecule has 304 valence electrons. The van der Waals surface area contributed by atoms with E-state index >= 15 is 0 Å². The number of hydrogen-bond donors (Lipinski definition) is 3. The topological polar surface area (TPSA) is 147 Å². The first-order valence-corrected chi connectivity index (χ1v) is 23.9. The standard InChI is InChI=1S/C41H56IN7O6S/c1-10-48-33-15-14-27-19-29(33)30(37(48)28-13-11-17-43-35(28)25(4)54-9)21-41(6,7)23-55-40(53)42-16-12-18-49(46-42)39(52)31(20-34-44-32(27)22-56-34)45-38(51)36(24(2)3)47(8)26(5)50/h11,13-15,19,22,24-25,31,36,43,46H,10,12,16-18,20-21,23H2,1-9H3,(H,45,51)/t25-,31-,36-/m0/s1. The molecule has 3 N–H and O–H groups in total. The molecule has 1 fully saturated rings. The average Bonchev–Trinajstić information content (AvgIpc) is 3.77. The van der Waals surface area contributed by atoms with E-state index in [1.54, 1.807) is 14.2 Å². The third kappa shape index (κ3) is 8.70. The number of carbonyl (C=O) groups is 4. The molecule has 6 bridgehead atoms. The zero-order valence-electron chi connectivity index (χ0n) is 34.0. The average molecular weight is 902 g/mol. The van der Waals surface area contributed by atoms with E-state index in [-0.39, 0.29) is 40.8 Å². The normalized spacial score (nSPS) is 20.7. The third-order valence-electron chi connectivity index (χ3n) is 10.7. The van der Waals surface area contributed by atoms with E-state index in [1.165, 1.54) is 28.2 Å². The number of nitrogens with one attached hydrogen (secondary N) is 3. The number of benzene rings is 1. The number of nitrogens with zero attached hydrogens (tertiary/aromatic N) is 4. The first-order chi connectivity index (χ1) is 26.6. The van der Waals surface area contributed by atoms with Crippen LogP contribution in [0.3, 0.4) is 0 Å². The van der Waals surface area contributed by atoms with Gasteiger partial charge in [0, 0.05) is 0 Å². The number of hydrazine groups is 1. The maximum atomic E-state index is 14.3. The summed E-state index contributed by atoms with van der Waals surface area (Å²) in [6.45, 7) is 15.7. The van der Waals surface area contributed by atoms with E-state index < -0.39 is 43.5 Å². The molecule has 0 saturated carbocycles. The van der Waals surface area contributed by atoms with Crippen LogP contribution in [0.5, 0.6) is 0 Å². The van der Waals surface area contributed by atoms with E-state index in [9.17, 15) is 19.2 Å². The number of likely N-dealkylation sites (N-methyl/N-ethyl adjacent to an activating group) is 1. The van der Waals surface area contributed by atoms with Crippen LogP contribution >= 0.6 is 31.4 Å². The second kappa shape index (κ2) is 17.4. The molecule has 3 aliphatic heterocycles. The second-order valence-corrected chi connectivity index (χ2v) is 21.3. The van der Waals surface area contributed by atoms with E-state index in [0.717, 1.165) is 51.2 Å². The van der Waals surface area contributed by atoms with Crippen molar-refractivity contribution >= 4 is 69.6 Å². The van der Waals surface area contributed by atoms with Gasteiger partial charge >= 0.3 is 343 Å². The number of alkyl halides is 1. The van der Waals surface area contributed by atoms with Crippen LogP contribution in [-0.4, -0.2) is 97.6 Å². The molecule has 6 rings (SSSR count). The molecule has 56 heavy (non-hydrogen) atoms. The van der Waals surface area contributed by atoms with Gasteiger partial charge in [0.1, 0.15) is 0 Å². The van der Waals surface area contributed by atoms with Gasteiger partial charge in [0.15, 0.2) is 0 Å². The second-order valence-electron chi connectivity index (χ2n) is 15.8. The van der Waals surface area contributed by atoms with Crippen LogP contribution in [0.1, 0.15) is 71.2 Å². The fourth-order valence-corrected chi connectivity index (χ4v) is 12.3. The number of fused-ring (bicyclic) bond motifs is 6. The Morgan fingerprint density at radius 2 is 2.00 bits per heavy atom. The van der Waals surface area contributed by atoms with Crippen molar-refractivity contribution in [3.8, 4) is 11.3 Å². The van der Waals surface area contributed by atoms with Crippen molar-refractivity contribution < 1.29 is 28.7 Å². The molecule has 0 unspecified atom stereocenters. The minimum atomic E-state index is -2.66. The monoisotopic (exact) mass is 901 g/mol. The van der Waals surface area contributed by atoms with Crippen LogP contribution < -0.4 is 14.3 Å². The Labute approximate surface area is 341 Å². The fourth-order valence-electron chi connectivity index (χ4n) is 7.77. The van der Waals surface area contributed by atoms with Crippen molar-refractivity contribution in [1.82, 2.24) is 33.7 Å². The zero-order chi connectivity index (χ0) is 40.5. The summed E-state index contributed by atoms with van der Waals surface area (Å²) in [5, 5.41) is 11.8. The molecule has 3 atom stereocenters. The molecule has 3 aliphatic rings. The Hall–Kier alpha value is -3.80. The summed E-state index contributed by atoms with van der Waals surface area (Å²) in [4.78, 5) is 60.8. The first-order valence-electron chi connectivity index (χ1n) is 19.4. The molecule has 1 aromatic carbocycles. The summed E-state index contributed by atoms with van der Waals surface area (Å²) in [7, 11) is 3.32. The van der Waals surface area contributed by atoms with Crippen LogP contribution in [0.15, 0.2) is 41.4 Å². The number of amides is 3. The molecule has 5 heterocycles. The molecule has 13 nitrogen and oxygen atoms in total. The maximum absolute atomic E-state index is 14.3. The van der Waals surface area contributed by atoms with E-state index in [0.29, 0.717) is 35.4 Å². The van der Waals surface area contributed by atoms with Crippen LogP contribution in [0.25, 0.3) is 27.7 Å². The molecular weight excluding hydrogens is 845 g/mol. The number of dihydropyridines is 1. The minimum absolute atomic E-state index is 0.146. The van der Waals surface area contributed by atoms with Crippen molar-refractivity contribution in [2.24, 2.45) is 11.3 Å². The van der Waals surface area contributed by atoms with Gasteiger partial charge in [-0.05, 0) is 0 Å². The van der Waals surface area contributed by atoms with Gasteiger partial charge < -0.3 is 0 Å². The number of aromatic nitrogens is 2. The van der Waals surface area contributed by atoms with E-state index in [2.05, 4.69) is 76.9 Å². The summed E-state index contributed by atoms with van der Waals surface area (Å²) in [5.74, 6) is -1.21. The Morgan fingerprint density at radius 3 is 2.70 bits per heavy atom. The van der Waals surface area contributed by atoms with Gasteiger partial charge in [-0.3, -0.25) is 0 Å². The summed E-state index contributed by atoms with van der Waals surface area (Å²) in [6.07, 6.45) is 5.61. The van der Waals surface area contributed by atoms with Crippen LogP contribution in [0.4, 0.5) is 4.79 Å². The number of carbonyl (C=O) groups excluding carboxylic acids is 4. The quantitative estimate of drug-likeness (QED) is 0.106. The number of methoxy groups -OCH3 is 1. The Morgan fingerprint density at radius 1 is 1.23 bits per heavy atom. The molecule has 1 saturated heterocycles. The zero-order valence-corrected chi connectivity index (χ0v) is 36.9. The van der Waals surface area contributed by atoms with Gasteiger partial charge in [-0.2, -0.15) is 0 Å². The Kier molecular flexibility index (Phi) is 13.0. The van der Waals surface area contributed by atoms with Gasteiger partial charge in [0.25, 0.3) is 0 Å². The van der Waals surface area contributed by atoms with Crippen LogP contribution in [0, 0.1) is 11.3 Å². The van der Waals surface area contributed by atoms with Crippen molar-refractivity contribution in [3.05, 3.63) is 57.7 Å². The summed E-state index contributed by atoms with van der Waals surface area (Å²) >= 11 is -1.22. The molecule has 0 aliphatic carbocycles. The molecule has 15 heteroatoms. The molecule has 3 aromatic rings. The molecule has 2 aromatic heterocycles. The van der Waals surface area contributed by atoms with Crippen molar-refractivity contribution in [1.29, 1.82) is 0 Å². The SMILES string of the molecule is CCn1c(C2=C([C@H](C)OC)NCC=C2)c2c3cc(ccc31)-c1csc(n1)C[C@H](NC(=O)[C@H](C(C)C)N(C)C(C)=O)C(=O)N1CCCI(N1)C(=O)OCC(C)(C)C2. The number of rotatable bonds is 8. The van der Waals surface area contributed by atoms with Crippen molar-refractivity contribution in [2.75, 3.05) is 38.3 Å². The summed E-state index contributed by atoms with van der Waals surface area (Å²) in [5.41, 5.74) is 6.75. The molecule has 3 amide bonds. The van der Waals surface area contributed by atoms with Gasteiger partial charge in [-0.15, -0.1) is 0 Å². The number of allylic oxidation sites excluding steroid dienone is 2. The van der Waals surface area contributed by atoms with Gasteiger partial charge in [-0.25, -0.2) is 0 Å². The number of cyclic esters (lactones) is 1. The molecule has 0 spiro atoms. The molecule has 0 radical (unpaired) electrons. The molecular formula is C41H56IN7O6S. The summed E-state index contributed by atoms with van der Waals surface area (Å²) < 4.78 is 18.0. The van der Waals surface area contributed by atoms with Crippen molar-refractivity contribution in [3.63, 3.8) is 0 Å². The first kappa shape index (κ1) is 41.8. The van der Waals surface area contributed by atoms with Gasteiger partial charge in [-0.1, -0.05) is 0 Å². The number of thiazole rings is 1. The number of halogens is 1. The summed E-state index contributed by atoms with van der Waals surface area (Å²) in [6, 6.07) is 4.69. The Bertz CT molecular complexity index is 2050. The Balaban J connectivity index is 1.48. The number of aryl methyl sites for hydroxylation is 1.